The zero-order chi connectivity index (χ0) is 16.6. The van der Waals surface area contributed by atoms with E-state index in [2.05, 4.69) is 0 Å². The Morgan fingerprint density at radius 2 is 1.87 bits per heavy atom. The van der Waals surface area contributed by atoms with Gasteiger partial charge in [-0.25, -0.2) is 12.8 Å². The second-order valence-electron chi connectivity index (χ2n) is 6.18. The van der Waals surface area contributed by atoms with Crippen molar-refractivity contribution in [2.24, 2.45) is 0 Å². The average molecular weight is 363 g/mol. The van der Waals surface area contributed by atoms with E-state index in [1.807, 2.05) is 9.80 Å². The molecule has 0 amide bonds. The van der Waals surface area contributed by atoms with E-state index in [4.69, 9.17) is 16.7 Å². The van der Waals surface area contributed by atoms with Crippen molar-refractivity contribution < 1.29 is 17.9 Å². The number of aliphatic hydroxyl groups is 1. The van der Waals surface area contributed by atoms with E-state index in [0.717, 1.165) is 0 Å². The standard InChI is InChI=1S/C15H20ClFN2O3S/c16-12-2-1-11(13(17)7-12)8-19-4-3-18(5-6-20)14-9-23(21,22)10-15(14)19/h1-2,7,14-15,20H,3-6,8-10H2. The molecule has 3 rings (SSSR count). The lowest BCUT2D eigenvalue weighted by atomic mass is 10.0. The van der Waals surface area contributed by atoms with Gasteiger partial charge in [0.05, 0.1) is 18.1 Å². The summed E-state index contributed by atoms with van der Waals surface area (Å²) in [6.45, 7) is 2.17. The van der Waals surface area contributed by atoms with E-state index >= 15 is 0 Å². The van der Waals surface area contributed by atoms with Crippen LogP contribution in [0.1, 0.15) is 5.56 Å². The van der Waals surface area contributed by atoms with Crippen LogP contribution in [-0.2, 0) is 16.4 Å². The normalized spacial score (nSPS) is 28.0. The minimum atomic E-state index is -3.10. The Labute approximate surface area is 140 Å². The molecule has 1 N–H and O–H groups in total. The molecule has 2 unspecified atom stereocenters. The smallest absolute Gasteiger partial charge is 0.153 e. The first-order valence-corrected chi connectivity index (χ1v) is 9.83. The fraction of sp³-hybridized carbons (Fsp3) is 0.600. The van der Waals surface area contributed by atoms with E-state index in [0.29, 0.717) is 36.8 Å². The van der Waals surface area contributed by atoms with Gasteiger partial charge in [-0.3, -0.25) is 9.80 Å². The molecule has 2 atom stereocenters. The van der Waals surface area contributed by atoms with Crippen LogP contribution in [0.15, 0.2) is 18.2 Å². The lowest BCUT2D eigenvalue weighted by molar-refractivity contribution is 0.0302. The summed E-state index contributed by atoms with van der Waals surface area (Å²) >= 11 is 5.78. The van der Waals surface area contributed by atoms with Gasteiger partial charge in [-0.05, 0) is 12.1 Å². The molecule has 0 saturated carbocycles. The number of nitrogens with zero attached hydrogens (tertiary/aromatic N) is 2. The quantitative estimate of drug-likeness (QED) is 0.856. The molecule has 0 aromatic heterocycles. The van der Waals surface area contributed by atoms with E-state index in [-0.39, 0.29) is 36.0 Å². The van der Waals surface area contributed by atoms with Gasteiger partial charge in [-0.2, -0.15) is 0 Å². The Morgan fingerprint density at radius 1 is 1.22 bits per heavy atom. The lowest BCUT2D eigenvalue weighted by Gasteiger charge is -2.43. The third-order valence-electron chi connectivity index (χ3n) is 4.68. The Kier molecular flexibility index (Phi) is 4.94. The lowest BCUT2D eigenvalue weighted by Crippen LogP contribution is -2.59. The third-order valence-corrected chi connectivity index (χ3v) is 6.62. The number of hydrogen-bond donors (Lipinski definition) is 1. The summed E-state index contributed by atoms with van der Waals surface area (Å²) in [6, 6.07) is 4.29. The molecule has 1 aromatic rings. The monoisotopic (exact) mass is 362 g/mol. The molecule has 2 heterocycles. The van der Waals surface area contributed by atoms with Crippen molar-refractivity contribution in [1.82, 2.24) is 9.80 Å². The zero-order valence-electron chi connectivity index (χ0n) is 12.7. The molecule has 0 aliphatic carbocycles. The molecule has 0 spiro atoms. The Balaban J connectivity index is 1.80. The van der Waals surface area contributed by atoms with Gasteiger partial charge in [-0.1, -0.05) is 17.7 Å². The highest BCUT2D eigenvalue weighted by Crippen LogP contribution is 2.28. The molecule has 2 aliphatic rings. The molecule has 2 fully saturated rings. The van der Waals surface area contributed by atoms with Crippen molar-refractivity contribution in [2.45, 2.75) is 18.6 Å². The summed E-state index contributed by atoms with van der Waals surface area (Å²) < 4.78 is 38.1. The number of sulfone groups is 1. The van der Waals surface area contributed by atoms with Crippen molar-refractivity contribution in [3.05, 3.63) is 34.6 Å². The number of benzene rings is 1. The van der Waals surface area contributed by atoms with Crippen molar-refractivity contribution in [1.29, 1.82) is 0 Å². The SMILES string of the molecule is O=S1(=O)CC2C(C1)N(Cc1ccc(Cl)cc1F)CCN2CCO. The number of piperazine rings is 1. The molecule has 8 heteroatoms. The average Bonchev–Trinajstić information content (AvgIpc) is 2.80. The van der Waals surface area contributed by atoms with Crippen LogP contribution in [0, 0.1) is 5.82 Å². The van der Waals surface area contributed by atoms with Gasteiger partial charge >= 0.3 is 0 Å². The van der Waals surface area contributed by atoms with Crippen LogP contribution in [0.4, 0.5) is 4.39 Å². The fourth-order valence-electron chi connectivity index (χ4n) is 3.57. The maximum atomic E-state index is 14.0. The van der Waals surface area contributed by atoms with Crippen LogP contribution in [0.3, 0.4) is 0 Å². The molecule has 2 saturated heterocycles. The van der Waals surface area contributed by atoms with Crippen LogP contribution in [-0.4, -0.2) is 73.2 Å². The van der Waals surface area contributed by atoms with Gasteiger partial charge in [-0.15, -0.1) is 0 Å². The Bertz CT molecular complexity index is 685. The minimum absolute atomic E-state index is 0.00901. The largest absolute Gasteiger partial charge is 0.395 e. The van der Waals surface area contributed by atoms with E-state index in [1.165, 1.54) is 6.07 Å². The van der Waals surface area contributed by atoms with Crippen LogP contribution < -0.4 is 0 Å². The highest BCUT2D eigenvalue weighted by atomic mass is 35.5. The maximum Gasteiger partial charge on any atom is 0.153 e. The first kappa shape index (κ1) is 17.1. The summed E-state index contributed by atoms with van der Waals surface area (Å²) in [4.78, 5) is 4.07. The van der Waals surface area contributed by atoms with Gasteiger partial charge in [0.1, 0.15) is 5.82 Å². The molecule has 23 heavy (non-hydrogen) atoms. The molecule has 2 aliphatic heterocycles. The van der Waals surface area contributed by atoms with Crippen LogP contribution >= 0.6 is 11.6 Å². The number of hydrogen-bond acceptors (Lipinski definition) is 5. The molecule has 5 nitrogen and oxygen atoms in total. The number of β-amino-alcohol motifs (C(OH)–C–C–N with tert-alkyl or cyclic N) is 1. The predicted molar refractivity (Wildman–Crippen MR) is 86.7 cm³/mol. The summed E-state index contributed by atoms with van der Waals surface area (Å²) in [7, 11) is -3.10. The van der Waals surface area contributed by atoms with Crippen LogP contribution in [0.2, 0.25) is 5.02 Å². The van der Waals surface area contributed by atoms with Crippen LogP contribution in [0.25, 0.3) is 0 Å². The third kappa shape index (κ3) is 3.69. The number of rotatable bonds is 4. The molecule has 1 aromatic carbocycles. The second kappa shape index (κ2) is 6.64. The van der Waals surface area contributed by atoms with Gasteiger partial charge < -0.3 is 5.11 Å². The summed E-state index contributed by atoms with van der Waals surface area (Å²) in [5.74, 6) is -0.167. The number of fused-ring (bicyclic) bond motifs is 1. The first-order valence-electron chi connectivity index (χ1n) is 7.63. The topological polar surface area (TPSA) is 60.9 Å². The number of aliphatic hydroxyl groups excluding tert-OH is 1. The Hall–Kier alpha value is -0.730. The van der Waals surface area contributed by atoms with Crippen molar-refractivity contribution in [3.8, 4) is 0 Å². The molecular formula is C15H20ClFN2O3S. The van der Waals surface area contributed by atoms with Gasteiger partial charge in [0, 0.05) is 48.8 Å². The highest BCUT2D eigenvalue weighted by Gasteiger charge is 2.46. The first-order chi connectivity index (χ1) is 10.9. The fourth-order valence-corrected chi connectivity index (χ4v) is 5.77. The van der Waals surface area contributed by atoms with Crippen LogP contribution in [0.5, 0.6) is 0 Å². The molecule has 0 bridgehead atoms. The maximum absolute atomic E-state index is 14.0. The zero-order valence-corrected chi connectivity index (χ0v) is 14.2. The summed E-state index contributed by atoms with van der Waals surface area (Å²) in [5, 5.41) is 9.51. The summed E-state index contributed by atoms with van der Waals surface area (Å²) in [6.07, 6.45) is 0. The highest BCUT2D eigenvalue weighted by molar-refractivity contribution is 7.91. The molecular weight excluding hydrogens is 343 g/mol. The summed E-state index contributed by atoms with van der Waals surface area (Å²) in [5.41, 5.74) is 0.521. The minimum Gasteiger partial charge on any atom is -0.395 e. The second-order valence-corrected chi connectivity index (χ2v) is 8.77. The molecule has 0 radical (unpaired) electrons. The van der Waals surface area contributed by atoms with E-state index in [1.54, 1.807) is 12.1 Å². The van der Waals surface area contributed by atoms with Crippen molar-refractivity contribution >= 4 is 21.4 Å². The van der Waals surface area contributed by atoms with Gasteiger partial charge in [0.15, 0.2) is 9.84 Å². The van der Waals surface area contributed by atoms with E-state index < -0.39 is 9.84 Å². The van der Waals surface area contributed by atoms with E-state index in [9.17, 15) is 12.8 Å². The Morgan fingerprint density at radius 3 is 2.52 bits per heavy atom. The molecule has 128 valence electrons. The van der Waals surface area contributed by atoms with Crippen molar-refractivity contribution in [2.75, 3.05) is 37.7 Å². The van der Waals surface area contributed by atoms with Gasteiger partial charge in [0.2, 0.25) is 0 Å². The van der Waals surface area contributed by atoms with Crippen molar-refractivity contribution in [3.63, 3.8) is 0 Å². The predicted octanol–water partition coefficient (Wildman–Crippen LogP) is 0.755. The number of halogens is 2. The van der Waals surface area contributed by atoms with Gasteiger partial charge in [0.25, 0.3) is 0 Å².